The van der Waals surface area contributed by atoms with Crippen LogP contribution in [0.5, 0.6) is 0 Å². The zero-order valence-electron chi connectivity index (χ0n) is 17.8. The van der Waals surface area contributed by atoms with E-state index in [4.69, 9.17) is 4.74 Å². The molecule has 1 saturated heterocycles. The number of rotatable bonds is 6. The lowest BCUT2D eigenvalue weighted by atomic mass is 9.94. The van der Waals surface area contributed by atoms with E-state index in [1.807, 2.05) is 55.5 Å². The smallest absolute Gasteiger partial charge is 0.418 e. The van der Waals surface area contributed by atoms with Crippen LogP contribution in [0.4, 0.5) is 4.79 Å². The van der Waals surface area contributed by atoms with E-state index in [2.05, 4.69) is 21.2 Å². The van der Waals surface area contributed by atoms with Gasteiger partial charge in [-0.1, -0.05) is 52.3 Å². The zero-order valence-corrected chi connectivity index (χ0v) is 19.4. The summed E-state index contributed by atoms with van der Waals surface area (Å²) < 4.78 is 6.60. The van der Waals surface area contributed by atoms with Gasteiger partial charge in [0.1, 0.15) is 6.04 Å². The van der Waals surface area contributed by atoms with Crippen LogP contribution in [0.25, 0.3) is 0 Å². The Balaban J connectivity index is 1.48. The normalized spacial score (nSPS) is 23.8. The van der Waals surface area contributed by atoms with Gasteiger partial charge in [0.2, 0.25) is 11.5 Å². The molecule has 0 aromatic heterocycles. The largest absolute Gasteiger partial charge is 0.427 e. The third-order valence-corrected chi connectivity index (χ3v) is 7.35. The van der Waals surface area contributed by atoms with Crippen LogP contribution in [0, 0.1) is 5.92 Å². The van der Waals surface area contributed by atoms with Gasteiger partial charge in [0, 0.05) is 28.9 Å². The van der Waals surface area contributed by atoms with E-state index in [0.29, 0.717) is 24.3 Å². The van der Waals surface area contributed by atoms with Crippen LogP contribution < -0.4 is 5.32 Å². The first-order chi connectivity index (χ1) is 15.4. The lowest BCUT2D eigenvalue weighted by Crippen LogP contribution is -2.53. The number of ether oxygens (including phenoxy) is 1. The highest BCUT2D eigenvalue weighted by molar-refractivity contribution is 9.10. The Morgan fingerprint density at radius 1 is 1.22 bits per heavy atom. The molecule has 32 heavy (non-hydrogen) atoms. The summed E-state index contributed by atoms with van der Waals surface area (Å²) in [7, 11) is 0. The van der Waals surface area contributed by atoms with Gasteiger partial charge in [-0.15, -0.1) is 0 Å². The van der Waals surface area contributed by atoms with Gasteiger partial charge in [-0.25, -0.2) is 9.69 Å². The van der Waals surface area contributed by atoms with Crippen molar-refractivity contribution in [1.29, 1.82) is 0 Å². The maximum absolute atomic E-state index is 13.8. The van der Waals surface area contributed by atoms with Crippen LogP contribution >= 0.6 is 15.9 Å². The summed E-state index contributed by atoms with van der Waals surface area (Å²) in [5, 5.41) is 3.04. The molecule has 1 unspecified atom stereocenters. The van der Waals surface area contributed by atoms with Crippen molar-refractivity contribution in [2.45, 2.75) is 56.7 Å². The molecule has 0 radical (unpaired) electrons. The third-order valence-electron chi connectivity index (χ3n) is 6.86. The summed E-state index contributed by atoms with van der Waals surface area (Å²) in [4.78, 5) is 41.3. The van der Waals surface area contributed by atoms with E-state index in [0.717, 1.165) is 33.3 Å². The van der Waals surface area contributed by atoms with Crippen molar-refractivity contribution in [3.05, 3.63) is 69.7 Å². The average molecular weight is 497 g/mol. The Morgan fingerprint density at radius 2 is 1.97 bits per heavy atom. The second-order valence-electron chi connectivity index (χ2n) is 9.01. The Kier molecular flexibility index (Phi) is 5.32. The van der Waals surface area contributed by atoms with Gasteiger partial charge in [0.15, 0.2) is 0 Å². The molecule has 2 aromatic carbocycles. The minimum atomic E-state index is -1.35. The molecule has 1 N–H and O–H groups in total. The number of halogens is 1. The fraction of sp³-hybridized carbons (Fsp3) is 0.400. The highest BCUT2D eigenvalue weighted by Gasteiger charge is 2.60. The number of amides is 3. The van der Waals surface area contributed by atoms with Gasteiger partial charge in [0.25, 0.3) is 5.91 Å². The number of carbonyl (C=O) groups is 3. The van der Waals surface area contributed by atoms with E-state index in [1.165, 1.54) is 0 Å². The van der Waals surface area contributed by atoms with Gasteiger partial charge >= 0.3 is 6.09 Å². The summed E-state index contributed by atoms with van der Waals surface area (Å²) in [5.41, 5.74) is 1.22. The van der Waals surface area contributed by atoms with E-state index in [1.54, 1.807) is 0 Å². The van der Waals surface area contributed by atoms with E-state index in [-0.39, 0.29) is 18.4 Å². The first-order valence-electron chi connectivity index (χ1n) is 11.1. The summed E-state index contributed by atoms with van der Waals surface area (Å²) in [5.74, 6) is -0.305. The Labute approximate surface area is 195 Å². The molecule has 166 valence electrons. The SMILES string of the molecule is C[C@H](NC(=O)C(Cc1ccccc1)N1C(=O)O[C@]2(CCc3ccc(Br)cc32)C1=O)C1CC1. The number of carbonyl (C=O) groups excluding carboxylic acids is 3. The summed E-state index contributed by atoms with van der Waals surface area (Å²) in [6.45, 7) is 1.98. The van der Waals surface area contributed by atoms with Crippen molar-refractivity contribution in [2.75, 3.05) is 0 Å². The molecule has 3 amide bonds. The number of nitrogens with one attached hydrogen (secondary N) is 1. The van der Waals surface area contributed by atoms with Crippen LogP contribution in [0.2, 0.25) is 0 Å². The molecule has 2 fully saturated rings. The molecule has 0 bridgehead atoms. The molecule has 3 atom stereocenters. The molecule has 1 spiro atoms. The molecular formula is C25H25BrN2O4. The maximum atomic E-state index is 13.8. The van der Waals surface area contributed by atoms with Gasteiger partial charge in [0.05, 0.1) is 0 Å². The minimum Gasteiger partial charge on any atom is -0.427 e. The number of fused-ring (bicyclic) bond motifs is 2. The summed E-state index contributed by atoms with van der Waals surface area (Å²) in [6.07, 6.45) is 2.70. The molecule has 5 rings (SSSR count). The molecule has 1 heterocycles. The quantitative estimate of drug-likeness (QED) is 0.653. The van der Waals surface area contributed by atoms with E-state index >= 15 is 0 Å². The number of hydrogen-bond acceptors (Lipinski definition) is 4. The van der Waals surface area contributed by atoms with E-state index < -0.39 is 23.6 Å². The molecule has 2 aromatic rings. The van der Waals surface area contributed by atoms with Gasteiger partial charge in [-0.3, -0.25) is 9.59 Å². The topological polar surface area (TPSA) is 75.7 Å². The van der Waals surface area contributed by atoms with Crippen LogP contribution in [0.1, 0.15) is 42.9 Å². The predicted octanol–water partition coefficient (Wildman–Crippen LogP) is 4.10. The second kappa shape index (κ2) is 8.03. The highest BCUT2D eigenvalue weighted by Crippen LogP contribution is 2.46. The van der Waals surface area contributed by atoms with Gasteiger partial charge < -0.3 is 10.1 Å². The lowest BCUT2D eigenvalue weighted by molar-refractivity contribution is -0.142. The van der Waals surface area contributed by atoms with Crippen molar-refractivity contribution in [1.82, 2.24) is 10.2 Å². The minimum absolute atomic E-state index is 0.00613. The molecule has 7 heteroatoms. The van der Waals surface area contributed by atoms with Crippen LogP contribution in [0.3, 0.4) is 0 Å². The number of hydrogen-bond donors (Lipinski definition) is 1. The standard InChI is InChI=1S/C25H25BrN2O4/c1-15(17-7-8-17)27-22(29)21(13-16-5-3-2-4-6-16)28-23(30)25(32-24(28)31)12-11-18-9-10-19(26)14-20(18)25/h2-6,9-10,14-15,17,21H,7-8,11-13H2,1H3,(H,27,29)/t15-,21?,25-/m0/s1. The fourth-order valence-corrected chi connectivity index (χ4v) is 5.24. The Bertz CT molecular complexity index is 1080. The lowest BCUT2D eigenvalue weighted by Gasteiger charge is -2.26. The first kappa shape index (κ1) is 21.2. The summed E-state index contributed by atoms with van der Waals surface area (Å²) in [6, 6.07) is 14.2. The zero-order chi connectivity index (χ0) is 22.5. The van der Waals surface area contributed by atoms with Crippen molar-refractivity contribution in [2.24, 2.45) is 5.92 Å². The van der Waals surface area contributed by atoms with Gasteiger partial charge in [-0.05, 0) is 55.4 Å². The summed E-state index contributed by atoms with van der Waals surface area (Å²) >= 11 is 3.46. The first-order valence-corrected chi connectivity index (χ1v) is 11.9. The van der Waals surface area contributed by atoms with Gasteiger partial charge in [-0.2, -0.15) is 0 Å². The van der Waals surface area contributed by atoms with Crippen molar-refractivity contribution >= 4 is 33.8 Å². The Morgan fingerprint density at radius 3 is 2.69 bits per heavy atom. The molecule has 1 aliphatic heterocycles. The van der Waals surface area contributed by atoms with Crippen LogP contribution in [0.15, 0.2) is 53.0 Å². The number of nitrogens with zero attached hydrogens (tertiary/aromatic N) is 1. The van der Waals surface area contributed by atoms with Crippen molar-refractivity contribution in [3.8, 4) is 0 Å². The predicted molar refractivity (Wildman–Crippen MR) is 122 cm³/mol. The molecule has 3 aliphatic rings. The fourth-order valence-electron chi connectivity index (χ4n) is 4.88. The van der Waals surface area contributed by atoms with E-state index in [9.17, 15) is 14.4 Å². The van der Waals surface area contributed by atoms with Crippen LogP contribution in [-0.4, -0.2) is 34.9 Å². The Hall–Kier alpha value is -2.67. The molecule has 1 saturated carbocycles. The number of imide groups is 1. The average Bonchev–Trinajstić information content (AvgIpc) is 3.53. The molecule has 6 nitrogen and oxygen atoms in total. The number of benzene rings is 2. The second-order valence-corrected chi connectivity index (χ2v) is 9.93. The van der Waals surface area contributed by atoms with Crippen molar-refractivity contribution in [3.63, 3.8) is 0 Å². The van der Waals surface area contributed by atoms with Crippen LogP contribution in [-0.2, 0) is 32.8 Å². The monoisotopic (exact) mass is 496 g/mol. The third kappa shape index (κ3) is 3.62. The highest BCUT2D eigenvalue weighted by atomic mass is 79.9. The molecule has 2 aliphatic carbocycles. The number of aryl methyl sites for hydroxylation is 1. The molecular weight excluding hydrogens is 472 g/mol. The van der Waals surface area contributed by atoms with Crippen molar-refractivity contribution < 1.29 is 19.1 Å². The maximum Gasteiger partial charge on any atom is 0.418 e.